The van der Waals surface area contributed by atoms with E-state index < -0.39 is 6.04 Å². The third kappa shape index (κ3) is 3.85. The maximum Gasteiger partial charge on any atom is 0.252 e. The minimum Gasteiger partial charge on any atom is -0.497 e. The highest BCUT2D eigenvalue weighted by atomic mass is 16.5. The average Bonchev–Trinajstić information content (AvgIpc) is 2.79. The lowest BCUT2D eigenvalue weighted by molar-refractivity contribution is -0.154. The van der Waals surface area contributed by atoms with E-state index in [1.165, 1.54) is 0 Å². The molecule has 0 bridgehead atoms. The highest BCUT2D eigenvalue weighted by Gasteiger charge is 2.38. The first-order valence-electron chi connectivity index (χ1n) is 10.1. The predicted molar refractivity (Wildman–Crippen MR) is 112 cm³/mol. The molecule has 2 aromatic carbocycles. The summed E-state index contributed by atoms with van der Waals surface area (Å²) >= 11 is 0. The minimum atomic E-state index is -0.677. The second-order valence-electron chi connectivity index (χ2n) is 7.45. The van der Waals surface area contributed by atoms with Crippen LogP contribution in [0.2, 0.25) is 0 Å². The summed E-state index contributed by atoms with van der Waals surface area (Å²) in [5, 5.41) is 0. The number of carbonyl (C=O) groups is 2. The number of methoxy groups -OCH3 is 2. The number of morpholine rings is 1. The third-order valence-corrected chi connectivity index (χ3v) is 5.69. The van der Waals surface area contributed by atoms with Gasteiger partial charge < -0.3 is 24.0 Å². The Bertz CT molecular complexity index is 945. The number of aryl methyl sites for hydroxylation is 1. The lowest BCUT2D eigenvalue weighted by atomic mass is 10.0. The average molecular weight is 410 g/mol. The summed E-state index contributed by atoms with van der Waals surface area (Å²) in [6, 6.07) is 12.7. The molecule has 2 aromatic rings. The molecule has 0 unspecified atom stereocenters. The van der Waals surface area contributed by atoms with E-state index in [1.54, 1.807) is 30.1 Å². The zero-order chi connectivity index (χ0) is 21.1. The number of amides is 2. The lowest BCUT2D eigenvalue weighted by Gasteiger charge is -2.39. The predicted octanol–water partition coefficient (Wildman–Crippen LogP) is 2.41. The van der Waals surface area contributed by atoms with Gasteiger partial charge in [-0.15, -0.1) is 0 Å². The number of rotatable bonds is 5. The number of carbonyl (C=O) groups excluding carboxylic acids is 2. The van der Waals surface area contributed by atoms with Gasteiger partial charge in [0.1, 0.15) is 24.1 Å². The molecule has 0 saturated carbocycles. The van der Waals surface area contributed by atoms with E-state index in [4.69, 9.17) is 14.2 Å². The van der Waals surface area contributed by atoms with Gasteiger partial charge in [0.25, 0.3) is 5.91 Å². The quantitative estimate of drug-likeness (QED) is 0.757. The van der Waals surface area contributed by atoms with Crippen LogP contribution in [0.4, 0.5) is 5.69 Å². The van der Waals surface area contributed by atoms with Gasteiger partial charge in [0.15, 0.2) is 0 Å². The largest absolute Gasteiger partial charge is 0.497 e. The summed E-state index contributed by atoms with van der Waals surface area (Å²) in [5.74, 6) is 0.968. The van der Waals surface area contributed by atoms with Crippen LogP contribution in [0.25, 0.3) is 0 Å². The van der Waals surface area contributed by atoms with Crippen LogP contribution in [0.1, 0.15) is 17.5 Å². The molecule has 0 radical (unpaired) electrons. The molecule has 30 heavy (non-hydrogen) atoms. The summed E-state index contributed by atoms with van der Waals surface area (Å²) in [4.78, 5) is 29.6. The first kappa shape index (κ1) is 20.2. The first-order chi connectivity index (χ1) is 14.6. The van der Waals surface area contributed by atoms with E-state index in [0.717, 1.165) is 29.7 Å². The van der Waals surface area contributed by atoms with Crippen LogP contribution >= 0.6 is 0 Å². The van der Waals surface area contributed by atoms with E-state index in [0.29, 0.717) is 18.0 Å². The highest BCUT2D eigenvalue weighted by Crippen LogP contribution is 2.30. The molecule has 4 rings (SSSR count). The van der Waals surface area contributed by atoms with Gasteiger partial charge in [-0.05, 0) is 36.6 Å². The smallest absolute Gasteiger partial charge is 0.252 e. The van der Waals surface area contributed by atoms with E-state index >= 15 is 0 Å². The molecular weight excluding hydrogens is 384 g/mol. The maximum atomic E-state index is 13.5. The molecule has 1 fully saturated rings. The van der Waals surface area contributed by atoms with Gasteiger partial charge in [0, 0.05) is 23.9 Å². The molecule has 1 saturated heterocycles. The van der Waals surface area contributed by atoms with Crippen LogP contribution < -0.4 is 14.4 Å². The number of ether oxygens (including phenoxy) is 3. The van der Waals surface area contributed by atoms with Crippen molar-refractivity contribution in [1.82, 2.24) is 4.90 Å². The zero-order valence-corrected chi connectivity index (χ0v) is 17.3. The van der Waals surface area contributed by atoms with Crippen molar-refractivity contribution in [1.29, 1.82) is 0 Å². The van der Waals surface area contributed by atoms with Crippen LogP contribution in [0.15, 0.2) is 42.5 Å². The fourth-order valence-electron chi connectivity index (χ4n) is 4.12. The van der Waals surface area contributed by atoms with Crippen molar-refractivity contribution in [3.63, 3.8) is 0 Å². The number of para-hydroxylation sites is 1. The van der Waals surface area contributed by atoms with Crippen molar-refractivity contribution >= 4 is 17.5 Å². The number of hydrogen-bond acceptors (Lipinski definition) is 5. The molecule has 0 aromatic heterocycles. The minimum absolute atomic E-state index is 0.0289. The maximum absolute atomic E-state index is 13.5. The van der Waals surface area contributed by atoms with Crippen molar-refractivity contribution in [2.75, 3.05) is 38.9 Å². The van der Waals surface area contributed by atoms with Crippen molar-refractivity contribution < 1.29 is 23.8 Å². The van der Waals surface area contributed by atoms with Crippen molar-refractivity contribution in [3.05, 3.63) is 53.6 Å². The van der Waals surface area contributed by atoms with Crippen LogP contribution in [0.3, 0.4) is 0 Å². The fraction of sp³-hybridized carbons (Fsp3) is 0.391. The SMILES string of the molecule is COc1ccc(CN2C(=O)COC[C@H]2C(=O)N2CCCc3ccccc32)c(OC)c1. The van der Waals surface area contributed by atoms with Crippen molar-refractivity contribution in [3.8, 4) is 11.5 Å². The monoisotopic (exact) mass is 410 g/mol. The Balaban J connectivity index is 1.61. The summed E-state index contributed by atoms with van der Waals surface area (Å²) < 4.78 is 16.2. The first-order valence-corrected chi connectivity index (χ1v) is 10.1. The Morgan fingerprint density at radius 3 is 2.80 bits per heavy atom. The van der Waals surface area contributed by atoms with Crippen LogP contribution in [0.5, 0.6) is 11.5 Å². The third-order valence-electron chi connectivity index (χ3n) is 5.69. The number of hydrogen-bond donors (Lipinski definition) is 0. The van der Waals surface area contributed by atoms with Crippen LogP contribution in [-0.4, -0.2) is 56.7 Å². The fourth-order valence-corrected chi connectivity index (χ4v) is 4.12. The van der Waals surface area contributed by atoms with E-state index in [-0.39, 0.29) is 31.6 Å². The van der Waals surface area contributed by atoms with Gasteiger partial charge in [-0.25, -0.2) is 0 Å². The highest BCUT2D eigenvalue weighted by molar-refractivity contribution is 6.00. The topological polar surface area (TPSA) is 68.3 Å². The van der Waals surface area contributed by atoms with Crippen molar-refractivity contribution in [2.24, 2.45) is 0 Å². The normalized spacial score (nSPS) is 18.7. The molecule has 2 amide bonds. The second kappa shape index (κ2) is 8.75. The Hall–Kier alpha value is -3.06. The molecule has 2 heterocycles. The van der Waals surface area contributed by atoms with E-state index in [2.05, 4.69) is 6.07 Å². The molecule has 1 atom stereocenters. The molecule has 7 heteroatoms. The molecule has 2 aliphatic rings. The number of fused-ring (bicyclic) bond motifs is 1. The molecule has 0 aliphatic carbocycles. The Morgan fingerprint density at radius 1 is 1.17 bits per heavy atom. The molecule has 0 spiro atoms. The Morgan fingerprint density at radius 2 is 2.00 bits per heavy atom. The van der Waals surface area contributed by atoms with Crippen molar-refractivity contribution in [2.45, 2.75) is 25.4 Å². The van der Waals surface area contributed by atoms with E-state index in [9.17, 15) is 9.59 Å². The standard InChI is InChI=1S/C23H26N2O5/c1-28-18-10-9-17(21(12-18)29-2)13-25-20(14-30-15-22(25)26)23(27)24-11-5-7-16-6-3-4-8-19(16)24/h3-4,6,8-10,12,20H,5,7,11,13-15H2,1-2H3/t20-/m0/s1. The molecular formula is C23H26N2O5. The summed E-state index contributed by atoms with van der Waals surface area (Å²) in [6.07, 6.45) is 1.85. The summed E-state index contributed by atoms with van der Waals surface area (Å²) in [5.41, 5.74) is 2.89. The molecule has 2 aliphatic heterocycles. The van der Waals surface area contributed by atoms with Gasteiger partial charge in [0.2, 0.25) is 5.91 Å². The number of benzene rings is 2. The summed E-state index contributed by atoms with van der Waals surface area (Å²) in [7, 11) is 3.16. The van der Waals surface area contributed by atoms with Crippen LogP contribution in [-0.2, 0) is 27.3 Å². The van der Waals surface area contributed by atoms with Gasteiger partial charge in [-0.2, -0.15) is 0 Å². The molecule has 158 valence electrons. The summed E-state index contributed by atoms with van der Waals surface area (Å²) in [6.45, 7) is 1.06. The van der Waals surface area contributed by atoms with Gasteiger partial charge >= 0.3 is 0 Å². The second-order valence-corrected chi connectivity index (χ2v) is 7.45. The number of nitrogens with zero attached hydrogens (tertiary/aromatic N) is 2. The van der Waals surface area contributed by atoms with Crippen LogP contribution in [0, 0.1) is 0 Å². The van der Waals surface area contributed by atoms with Gasteiger partial charge in [-0.1, -0.05) is 18.2 Å². The van der Waals surface area contributed by atoms with E-state index in [1.807, 2.05) is 30.3 Å². The Labute approximate surface area is 176 Å². The molecule has 7 nitrogen and oxygen atoms in total. The Kier molecular flexibility index (Phi) is 5.90. The zero-order valence-electron chi connectivity index (χ0n) is 17.3. The number of anilines is 1. The van der Waals surface area contributed by atoms with Gasteiger partial charge in [-0.3, -0.25) is 9.59 Å². The lowest BCUT2D eigenvalue weighted by Crippen LogP contribution is -2.57. The molecule has 0 N–H and O–H groups in total. The van der Waals surface area contributed by atoms with Gasteiger partial charge in [0.05, 0.1) is 27.4 Å².